The average Bonchev–Trinajstić information content (AvgIpc) is 2.62. The fourth-order valence-corrected chi connectivity index (χ4v) is 1.70. The molecule has 2 aromatic rings. The molecule has 1 N–H and O–H groups in total. The van der Waals surface area contributed by atoms with Crippen LogP contribution in [0, 0.1) is 5.92 Å². The smallest absolute Gasteiger partial charge is 0.123 e. The Morgan fingerprint density at radius 1 is 1.43 bits per heavy atom. The fraction of sp³-hybridized carbons (Fsp3) is 0.250. The van der Waals surface area contributed by atoms with Crippen LogP contribution in [0.5, 0.6) is 0 Å². The third kappa shape index (κ3) is 1.55. The quantitative estimate of drug-likeness (QED) is 0.736. The number of hydrogen-bond donors (Lipinski definition) is 1. The average molecular weight is 187 g/mol. The van der Waals surface area contributed by atoms with Gasteiger partial charge in [0.25, 0.3) is 0 Å². The van der Waals surface area contributed by atoms with Crippen LogP contribution in [-0.4, -0.2) is 11.3 Å². The minimum absolute atomic E-state index is 0.0919. The summed E-state index contributed by atoms with van der Waals surface area (Å²) in [6, 6.07) is 8.15. The molecule has 1 aromatic carbocycles. The highest BCUT2D eigenvalue weighted by atomic mass is 16.1. The van der Waals surface area contributed by atoms with Gasteiger partial charge >= 0.3 is 0 Å². The van der Waals surface area contributed by atoms with Gasteiger partial charge in [0, 0.05) is 23.0 Å². The molecule has 0 bridgehead atoms. The highest BCUT2D eigenvalue weighted by molar-refractivity contribution is 5.83. The molecular formula is C12H13NO. The topological polar surface area (TPSA) is 32.9 Å². The van der Waals surface area contributed by atoms with Crippen molar-refractivity contribution in [2.24, 2.45) is 5.92 Å². The van der Waals surface area contributed by atoms with E-state index in [1.165, 1.54) is 10.9 Å². The van der Waals surface area contributed by atoms with Crippen LogP contribution in [-0.2, 0) is 11.2 Å². The van der Waals surface area contributed by atoms with E-state index in [2.05, 4.69) is 11.1 Å². The summed E-state index contributed by atoms with van der Waals surface area (Å²) in [5, 5.41) is 1.22. The lowest BCUT2D eigenvalue weighted by molar-refractivity contribution is -0.110. The van der Waals surface area contributed by atoms with Gasteiger partial charge < -0.3 is 9.78 Å². The molecule has 0 radical (unpaired) electrons. The first-order chi connectivity index (χ1) is 6.81. The maximum absolute atomic E-state index is 10.6. The van der Waals surface area contributed by atoms with Crippen LogP contribution in [0.15, 0.2) is 30.5 Å². The van der Waals surface area contributed by atoms with Crippen molar-refractivity contribution in [3.05, 3.63) is 36.0 Å². The zero-order valence-electron chi connectivity index (χ0n) is 8.16. The Morgan fingerprint density at radius 2 is 2.21 bits per heavy atom. The Labute approximate surface area is 82.9 Å². The van der Waals surface area contributed by atoms with Crippen molar-refractivity contribution < 1.29 is 4.79 Å². The number of carbonyl (C=O) groups is 1. The molecule has 1 aromatic heterocycles. The fourth-order valence-electron chi connectivity index (χ4n) is 1.70. The van der Waals surface area contributed by atoms with Gasteiger partial charge in [-0.25, -0.2) is 0 Å². The Balaban J connectivity index is 2.38. The standard InChI is InChI=1S/C12H13NO/c1-9(8-14)6-10-7-13-12-5-3-2-4-11(10)12/h2-5,7-9,13H,6H2,1H3. The monoisotopic (exact) mass is 187 g/mol. The summed E-state index contributed by atoms with van der Waals surface area (Å²) in [5.41, 5.74) is 2.36. The first kappa shape index (κ1) is 9.00. The van der Waals surface area contributed by atoms with Gasteiger partial charge in [0.2, 0.25) is 0 Å². The second kappa shape index (κ2) is 3.66. The van der Waals surface area contributed by atoms with E-state index >= 15 is 0 Å². The molecule has 0 aliphatic carbocycles. The predicted molar refractivity (Wildman–Crippen MR) is 57.2 cm³/mol. The molecule has 0 fully saturated rings. The van der Waals surface area contributed by atoms with Crippen LogP contribution in [0.25, 0.3) is 10.9 Å². The molecule has 0 saturated heterocycles. The number of H-pyrrole nitrogens is 1. The Bertz CT molecular complexity index is 444. The molecule has 0 aliphatic rings. The minimum atomic E-state index is 0.0919. The Hall–Kier alpha value is -1.57. The molecule has 1 heterocycles. The third-order valence-corrected chi connectivity index (χ3v) is 2.45. The summed E-state index contributed by atoms with van der Waals surface area (Å²) in [6.45, 7) is 1.94. The van der Waals surface area contributed by atoms with Crippen molar-refractivity contribution >= 4 is 17.2 Å². The lowest BCUT2D eigenvalue weighted by Gasteiger charge is -2.00. The van der Waals surface area contributed by atoms with Gasteiger partial charge in [0.1, 0.15) is 6.29 Å². The number of hydrogen-bond acceptors (Lipinski definition) is 1. The number of rotatable bonds is 3. The van der Waals surface area contributed by atoms with Crippen molar-refractivity contribution in [3.8, 4) is 0 Å². The van der Waals surface area contributed by atoms with Crippen molar-refractivity contribution in [1.29, 1.82) is 0 Å². The van der Waals surface area contributed by atoms with E-state index in [-0.39, 0.29) is 5.92 Å². The van der Waals surface area contributed by atoms with Crippen LogP contribution in [0.4, 0.5) is 0 Å². The highest BCUT2D eigenvalue weighted by Crippen LogP contribution is 2.19. The summed E-state index contributed by atoms with van der Waals surface area (Å²) in [4.78, 5) is 13.8. The molecule has 72 valence electrons. The molecule has 0 saturated carbocycles. The van der Waals surface area contributed by atoms with E-state index in [1.807, 2.05) is 31.3 Å². The highest BCUT2D eigenvalue weighted by Gasteiger charge is 2.06. The van der Waals surface area contributed by atoms with E-state index in [0.717, 1.165) is 18.2 Å². The van der Waals surface area contributed by atoms with E-state index in [4.69, 9.17) is 0 Å². The predicted octanol–water partition coefficient (Wildman–Crippen LogP) is 2.55. The van der Waals surface area contributed by atoms with Crippen LogP contribution in [0.3, 0.4) is 0 Å². The molecular weight excluding hydrogens is 174 g/mol. The normalized spacial score (nSPS) is 12.9. The van der Waals surface area contributed by atoms with Gasteiger partial charge in [-0.3, -0.25) is 0 Å². The molecule has 14 heavy (non-hydrogen) atoms. The molecule has 0 amide bonds. The number of aromatic amines is 1. The number of carbonyl (C=O) groups excluding carboxylic acids is 1. The summed E-state index contributed by atoms with van der Waals surface area (Å²) in [7, 11) is 0. The SMILES string of the molecule is CC(C=O)Cc1c[nH]c2ccccc12. The van der Waals surface area contributed by atoms with Gasteiger partial charge in [-0.1, -0.05) is 25.1 Å². The van der Waals surface area contributed by atoms with Gasteiger partial charge in [-0.15, -0.1) is 0 Å². The lowest BCUT2D eigenvalue weighted by Crippen LogP contribution is -1.99. The van der Waals surface area contributed by atoms with Crippen molar-refractivity contribution in [2.45, 2.75) is 13.3 Å². The van der Waals surface area contributed by atoms with Crippen LogP contribution in [0.1, 0.15) is 12.5 Å². The molecule has 2 nitrogen and oxygen atoms in total. The van der Waals surface area contributed by atoms with Gasteiger partial charge in [-0.05, 0) is 18.1 Å². The number of benzene rings is 1. The number of aromatic nitrogens is 1. The summed E-state index contributed by atoms with van der Waals surface area (Å²) < 4.78 is 0. The van der Waals surface area contributed by atoms with Gasteiger partial charge in [-0.2, -0.15) is 0 Å². The molecule has 1 unspecified atom stereocenters. The first-order valence-electron chi connectivity index (χ1n) is 4.81. The molecule has 0 spiro atoms. The molecule has 0 aliphatic heterocycles. The second-order valence-corrected chi connectivity index (χ2v) is 3.68. The first-order valence-corrected chi connectivity index (χ1v) is 4.81. The maximum Gasteiger partial charge on any atom is 0.123 e. The minimum Gasteiger partial charge on any atom is -0.361 e. The number of aldehydes is 1. The van der Waals surface area contributed by atoms with Crippen LogP contribution in [0.2, 0.25) is 0 Å². The summed E-state index contributed by atoms with van der Waals surface area (Å²) >= 11 is 0. The Kier molecular flexibility index (Phi) is 2.35. The largest absolute Gasteiger partial charge is 0.361 e. The van der Waals surface area contributed by atoms with Crippen LogP contribution < -0.4 is 0 Å². The molecule has 2 heteroatoms. The number of para-hydroxylation sites is 1. The zero-order chi connectivity index (χ0) is 9.97. The molecule has 2 rings (SSSR count). The van der Waals surface area contributed by atoms with Crippen molar-refractivity contribution in [2.75, 3.05) is 0 Å². The van der Waals surface area contributed by atoms with E-state index < -0.39 is 0 Å². The second-order valence-electron chi connectivity index (χ2n) is 3.68. The maximum atomic E-state index is 10.6. The van der Waals surface area contributed by atoms with Crippen molar-refractivity contribution in [1.82, 2.24) is 4.98 Å². The van der Waals surface area contributed by atoms with E-state index in [9.17, 15) is 4.79 Å². The third-order valence-electron chi connectivity index (χ3n) is 2.45. The van der Waals surface area contributed by atoms with Crippen molar-refractivity contribution in [3.63, 3.8) is 0 Å². The van der Waals surface area contributed by atoms with Crippen LogP contribution >= 0.6 is 0 Å². The summed E-state index contributed by atoms with van der Waals surface area (Å²) in [5.74, 6) is 0.0919. The number of fused-ring (bicyclic) bond motifs is 1. The van der Waals surface area contributed by atoms with Gasteiger partial charge in [0.05, 0.1) is 0 Å². The molecule has 1 atom stereocenters. The Morgan fingerprint density at radius 3 is 3.00 bits per heavy atom. The van der Waals surface area contributed by atoms with E-state index in [1.54, 1.807) is 0 Å². The zero-order valence-corrected chi connectivity index (χ0v) is 8.16. The lowest BCUT2D eigenvalue weighted by atomic mass is 10.0. The van der Waals surface area contributed by atoms with Gasteiger partial charge in [0.15, 0.2) is 0 Å². The van der Waals surface area contributed by atoms with E-state index in [0.29, 0.717) is 0 Å². The number of nitrogens with one attached hydrogen (secondary N) is 1. The summed E-state index contributed by atoms with van der Waals surface area (Å²) in [6.07, 6.45) is 3.81.